The van der Waals surface area contributed by atoms with E-state index in [1.165, 1.54) is 6.08 Å². The van der Waals surface area contributed by atoms with E-state index in [1.54, 1.807) is 24.3 Å². The van der Waals surface area contributed by atoms with Crippen LogP contribution < -0.4 is 9.62 Å². The van der Waals surface area contributed by atoms with Crippen LogP contribution in [0.1, 0.15) is 24.4 Å². The number of nitriles is 1. The van der Waals surface area contributed by atoms with Gasteiger partial charge in [-0.05, 0) is 43.2 Å². The second kappa shape index (κ2) is 10.3. The molecule has 3 heterocycles. The zero-order valence-electron chi connectivity index (χ0n) is 16.5. The quantitative estimate of drug-likeness (QED) is 0.435. The van der Waals surface area contributed by atoms with Gasteiger partial charge in [0.2, 0.25) is 0 Å². The third kappa shape index (κ3) is 5.43. The maximum atomic E-state index is 12.4. The van der Waals surface area contributed by atoms with Crippen molar-refractivity contribution >= 4 is 29.4 Å². The summed E-state index contributed by atoms with van der Waals surface area (Å²) in [4.78, 5) is 13.7. The highest BCUT2D eigenvalue weighted by Gasteiger charge is 2.23. The minimum atomic E-state index is -2.82. The summed E-state index contributed by atoms with van der Waals surface area (Å²) >= 11 is 1.60. The molecule has 1 aliphatic rings. The smallest absolute Gasteiger partial charge is 0.279 e. The van der Waals surface area contributed by atoms with Crippen molar-refractivity contribution in [2.75, 3.05) is 30.8 Å². The zero-order chi connectivity index (χ0) is 21.5. The molecule has 0 spiro atoms. The number of aromatic amines is 1. The number of alkyl halides is 2. The molecule has 0 aromatic carbocycles. The molecule has 0 saturated carbocycles. The Morgan fingerprint density at radius 2 is 2.33 bits per heavy atom. The fourth-order valence-electron chi connectivity index (χ4n) is 3.39. The number of allylic oxidation sites excluding steroid dienone is 1. The maximum absolute atomic E-state index is 12.4. The number of imidazole rings is 1. The Labute approximate surface area is 178 Å². The molecule has 1 saturated heterocycles. The van der Waals surface area contributed by atoms with Crippen LogP contribution in [0.25, 0.3) is 17.3 Å². The molecule has 1 atom stereocenters. The Balaban J connectivity index is 1.81. The maximum Gasteiger partial charge on any atom is 0.279 e. The first kappa shape index (κ1) is 21.9. The summed E-state index contributed by atoms with van der Waals surface area (Å²) in [5, 5.41) is 16.7. The van der Waals surface area contributed by atoms with Crippen LogP contribution in [0, 0.1) is 22.7 Å². The van der Waals surface area contributed by atoms with Crippen molar-refractivity contribution in [3.05, 3.63) is 36.1 Å². The van der Waals surface area contributed by atoms with Crippen molar-refractivity contribution in [2.24, 2.45) is 5.92 Å². The largest absolute Gasteiger partial charge is 0.369 e. The Morgan fingerprint density at radius 1 is 1.50 bits per heavy atom. The third-order valence-electron chi connectivity index (χ3n) is 4.91. The first-order valence-corrected chi connectivity index (χ1v) is 10.7. The van der Waals surface area contributed by atoms with Gasteiger partial charge in [0.25, 0.3) is 6.43 Å². The van der Waals surface area contributed by atoms with Gasteiger partial charge >= 0.3 is 0 Å². The van der Waals surface area contributed by atoms with Crippen LogP contribution in [-0.2, 0) is 0 Å². The molecule has 1 fully saturated rings. The van der Waals surface area contributed by atoms with Crippen LogP contribution in [0.2, 0.25) is 0 Å². The first-order chi connectivity index (χ1) is 14.5. The highest BCUT2D eigenvalue weighted by atomic mass is 32.2. The monoisotopic (exact) mass is 431 g/mol. The van der Waals surface area contributed by atoms with Gasteiger partial charge in [0.15, 0.2) is 5.69 Å². The molecule has 2 aromatic heterocycles. The average Bonchev–Trinajstić information content (AvgIpc) is 3.24. The molecule has 0 aliphatic carbocycles. The van der Waals surface area contributed by atoms with Gasteiger partial charge in [0.1, 0.15) is 11.9 Å². The van der Waals surface area contributed by atoms with Crippen molar-refractivity contribution in [1.29, 1.82) is 10.7 Å². The number of nitrogens with one attached hydrogen (secondary N) is 3. The van der Waals surface area contributed by atoms with E-state index in [0.29, 0.717) is 23.1 Å². The minimum absolute atomic E-state index is 0.363. The SMILES string of the molecule is CSNCC1CCCN(c2cc(-c3cnc(/C=C\C(=N)C(F)F)[nH]3)cnc2C#N)C1. The van der Waals surface area contributed by atoms with Crippen LogP contribution in [0.4, 0.5) is 14.5 Å². The number of pyridine rings is 1. The van der Waals surface area contributed by atoms with Crippen molar-refractivity contribution in [1.82, 2.24) is 19.7 Å². The van der Waals surface area contributed by atoms with Gasteiger partial charge in [-0.3, -0.25) is 10.1 Å². The summed E-state index contributed by atoms with van der Waals surface area (Å²) in [6.07, 6.45) is 6.91. The van der Waals surface area contributed by atoms with Gasteiger partial charge in [-0.15, -0.1) is 0 Å². The molecule has 2 aromatic rings. The molecule has 30 heavy (non-hydrogen) atoms. The van der Waals surface area contributed by atoms with E-state index in [2.05, 4.69) is 30.6 Å². The number of nitrogens with zero attached hydrogens (tertiary/aromatic N) is 4. The van der Waals surface area contributed by atoms with Crippen LogP contribution >= 0.6 is 11.9 Å². The van der Waals surface area contributed by atoms with E-state index >= 15 is 0 Å². The van der Waals surface area contributed by atoms with Crippen LogP contribution in [-0.4, -0.2) is 53.0 Å². The van der Waals surface area contributed by atoms with E-state index < -0.39 is 12.1 Å². The summed E-state index contributed by atoms with van der Waals surface area (Å²) in [6, 6.07) is 4.09. The number of piperidine rings is 1. The van der Waals surface area contributed by atoms with Gasteiger partial charge in [-0.1, -0.05) is 11.9 Å². The predicted octanol–water partition coefficient (Wildman–Crippen LogP) is 3.73. The van der Waals surface area contributed by atoms with Crippen molar-refractivity contribution < 1.29 is 8.78 Å². The van der Waals surface area contributed by atoms with Gasteiger partial charge in [-0.2, -0.15) is 5.26 Å². The predicted molar refractivity (Wildman–Crippen MR) is 116 cm³/mol. The normalized spacial score (nSPS) is 16.9. The van der Waals surface area contributed by atoms with Gasteiger partial charge in [-0.25, -0.2) is 18.7 Å². The fraction of sp³-hybridized carbons (Fsp3) is 0.400. The lowest BCUT2D eigenvalue weighted by atomic mass is 9.97. The van der Waals surface area contributed by atoms with Crippen LogP contribution in [0.3, 0.4) is 0 Å². The van der Waals surface area contributed by atoms with Crippen molar-refractivity contribution in [3.63, 3.8) is 0 Å². The molecule has 0 radical (unpaired) electrons. The molecule has 7 nitrogen and oxygen atoms in total. The molecule has 158 valence electrons. The highest BCUT2D eigenvalue weighted by molar-refractivity contribution is 7.96. The molecule has 3 N–H and O–H groups in total. The Hall–Kier alpha value is -2.77. The van der Waals surface area contributed by atoms with Gasteiger partial charge in [0.05, 0.1) is 23.3 Å². The molecule has 0 bridgehead atoms. The van der Waals surface area contributed by atoms with E-state index in [-0.39, 0.29) is 0 Å². The Kier molecular flexibility index (Phi) is 7.54. The molecule has 1 aliphatic heterocycles. The minimum Gasteiger partial charge on any atom is -0.369 e. The van der Waals surface area contributed by atoms with Gasteiger partial charge < -0.3 is 9.88 Å². The van der Waals surface area contributed by atoms with Crippen molar-refractivity contribution in [2.45, 2.75) is 19.3 Å². The summed E-state index contributed by atoms with van der Waals surface area (Å²) < 4.78 is 28.2. The number of H-pyrrole nitrogens is 1. The molecule has 1 unspecified atom stereocenters. The van der Waals surface area contributed by atoms with E-state index in [4.69, 9.17) is 5.41 Å². The lowest BCUT2D eigenvalue weighted by Gasteiger charge is -2.34. The molecule has 3 rings (SSSR count). The lowest BCUT2D eigenvalue weighted by Crippen LogP contribution is -2.39. The zero-order valence-corrected chi connectivity index (χ0v) is 17.3. The molecular formula is C20H23F2N7S. The summed E-state index contributed by atoms with van der Waals surface area (Å²) in [5.74, 6) is 0.859. The first-order valence-electron chi connectivity index (χ1n) is 9.52. The summed E-state index contributed by atoms with van der Waals surface area (Å²) in [6.45, 7) is 2.62. The van der Waals surface area contributed by atoms with Crippen LogP contribution in [0.5, 0.6) is 0 Å². The number of hydrogen-bond donors (Lipinski definition) is 3. The van der Waals surface area contributed by atoms with E-state index in [9.17, 15) is 14.0 Å². The Morgan fingerprint density at radius 3 is 3.07 bits per heavy atom. The second-order valence-electron chi connectivity index (χ2n) is 6.98. The number of aromatic nitrogens is 3. The molecular weight excluding hydrogens is 408 g/mol. The standard InChI is InChI=1S/C20H23F2N7S/c1-30-27-9-13-3-2-6-29(12-13)18-7-14(10-25-16(18)8-23)17-11-26-19(28-17)5-4-15(24)20(21)22/h4-5,7,10-11,13,20,24,27H,2-3,6,9,12H2,1H3,(H,26,28)/b5-4-,24-15?. The van der Waals surface area contributed by atoms with E-state index in [0.717, 1.165) is 49.8 Å². The van der Waals surface area contributed by atoms with E-state index in [1.807, 2.05) is 12.3 Å². The number of halogens is 2. The number of hydrogen-bond acceptors (Lipinski definition) is 7. The van der Waals surface area contributed by atoms with Gasteiger partial charge in [0, 0.05) is 31.4 Å². The number of anilines is 1. The highest BCUT2D eigenvalue weighted by Crippen LogP contribution is 2.29. The molecule has 0 amide bonds. The summed E-state index contributed by atoms with van der Waals surface area (Å²) in [5.41, 5.74) is 1.81. The average molecular weight is 432 g/mol. The van der Waals surface area contributed by atoms with Crippen LogP contribution in [0.15, 0.2) is 24.5 Å². The second-order valence-corrected chi connectivity index (χ2v) is 7.68. The topological polar surface area (TPSA) is 104 Å². The lowest BCUT2D eigenvalue weighted by molar-refractivity contribution is 0.226. The number of rotatable bonds is 8. The fourth-order valence-corrected chi connectivity index (χ4v) is 3.79. The third-order valence-corrected chi connectivity index (χ3v) is 5.37. The molecule has 10 heteroatoms. The summed E-state index contributed by atoms with van der Waals surface area (Å²) in [7, 11) is 0. The van der Waals surface area contributed by atoms with Crippen molar-refractivity contribution in [3.8, 4) is 17.3 Å². The Bertz CT molecular complexity index is 951.